The summed E-state index contributed by atoms with van der Waals surface area (Å²) in [6, 6.07) is 22.6. The minimum Gasteiger partial charge on any atom is -0.326 e. The van der Waals surface area contributed by atoms with Crippen LogP contribution < -0.4 is 15.7 Å². The molecule has 266 valence electrons. The number of hydrogen-bond donors (Lipinski definition) is 2. The molecule has 0 aliphatic carbocycles. The van der Waals surface area contributed by atoms with Crippen molar-refractivity contribution >= 4 is 62.3 Å². The minimum absolute atomic E-state index is 0.0568. The second-order valence-corrected chi connectivity index (χ2v) is 14.8. The molecule has 0 unspecified atom stereocenters. The van der Waals surface area contributed by atoms with Crippen LogP contribution in [0.15, 0.2) is 94.6 Å². The highest BCUT2D eigenvalue weighted by atomic mass is 35.5. The van der Waals surface area contributed by atoms with E-state index in [4.69, 9.17) is 34.8 Å². The van der Waals surface area contributed by atoms with E-state index >= 15 is 0 Å². The van der Waals surface area contributed by atoms with Crippen molar-refractivity contribution in [1.82, 2.24) is 19.1 Å². The summed E-state index contributed by atoms with van der Waals surface area (Å²) in [5.41, 5.74) is 2.11. The molecular formula is C37H36Cl3N5O5S. The van der Waals surface area contributed by atoms with Crippen LogP contribution in [-0.2, 0) is 27.8 Å². The molecule has 0 atom stereocenters. The van der Waals surface area contributed by atoms with E-state index in [0.29, 0.717) is 46.2 Å². The van der Waals surface area contributed by atoms with Gasteiger partial charge in [0.1, 0.15) is 5.82 Å². The summed E-state index contributed by atoms with van der Waals surface area (Å²) in [7, 11) is -4.33. The number of rotatable bonds is 14. The summed E-state index contributed by atoms with van der Waals surface area (Å²) in [5, 5.41) is 8.12. The number of carbonyl (C=O) groups is 2. The molecule has 51 heavy (non-hydrogen) atoms. The third-order valence-corrected chi connectivity index (χ3v) is 10.4. The third kappa shape index (κ3) is 9.09. The molecule has 2 amide bonds. The highest BCUT2D eigenvalue weighted by Crippen LogP contribution is 2.29. The topological polar surface area (TPSA) is 132 Å². The number of nitrogens with zero attached hydrogens (tertiary/aromatic N) is 3. The lowest BCUT2D eigenvalue weighted by atomic mass is 10.0. The second kappa shape index (κ2) is 16.7. The molecule has 5 rings (SSSR count). The van der Waals surface area contributed by atoms with E-state index in [1.165, 1.54) is 28.9 Å². The summed E-state index contributed by atoms with van der Waals surface area (Å²) in [6.07, 6.45) is 4.31. The summed E-state index contributed by atoms with van der Waals surface area (Å²) >= 11 is 18.7. The molecule has 0 aliphatic rings. The number of aromatic nitrogens is 3. The van der Waals surface area contributed by atoms with Gasteiger partial charge in [0.05, 0.1) is 32.7 Å². The van der Waals surface area contributed by atoms with E-state index in [2.05, 4.69) is 22.1 Å². The van der Waals surface area contributed by atoms with E-state index in [-0.39, 0.29) is 33.0 Å². The van der Waals surface area contributed by atoms with Gasteiger partial charge in [0.25, 0.3) is 15.9 Å². The number of hydrogen-bond acceptors (Lipinski definition) is 6. The lowest BCUT2D eigenvalue weighted by Gasteiger charge is -2.13. The van der Waals surface area contributed by atoms with Gasteiger partial charge < -0.3 is 5.32 Å². The lowest BCUT2D eigenvalue weighted by molar-refractivity contribution is -0.116. The molecule has 0 bridgehead atoms. The van der Waals surface area contributed by atoms with Gasteiger partial charge in [-0.05, 0) is 66.4 Å². The maximum atomic E-state index is 13.9. The molecule has 0 radical (unpaired) electrons. The first kappa shape index (κ1) is 37.8. The van der Waals surface area contributed by atoms with Gasteiger partial charge in [-0.3, -0.25) is 14.2 Å². The van der Waals surface area contributed by atoms with Gasteiger partial charge in [-0.25, -0.2) is 17.9 Å². The van der Waals surface area contributed by atoms with E-state index in [0.717, 1.165) is 31.2 Å². The number of anilines is 1. The van der Waals surface area contributed by atoms with Crippen LogP contribution in [-0.4, -0.2) is 34.6 Å². The molecule has 2 N–H and O–H groups in total. The molecule has 0 aliphatic heterocycles. The molecule has 0 saturated carbocycles. The number of nitrogens with one attached hydrogen (secondary N) is 2. The molecule has 14 heteroatoms. The van der Waals surface area contributed by atoms with Crippen molar-refractivity contribution in [3.8, 4) is 16.8 Å². The smallest absolute Gasteiger partial charge is 0.326 e. The van der Waals surface area contributed by atoms with Crippen molar-refractivity contribution in [2.24, 2.45) is 0 Å². The Bertz CT molecular complexity index is 2230. The van der Waals surface area contributed by atoms with Gasteiger partial charge in [-0.1, -0.05) is 104 Å². The standard InChI is InChI=1S/C37H36Cl3N5O5S/c1-3-5-11-34-42-45(32-22-27(18-20-31(32)40)41-35(46)12-6-4-2)37(48)44(34)23-24-13-15-25(16-14-24)28-9-7-8-10-33(28)51(49,50)43-36(47)29-21-26(38)17-19-30(29)39/h7-10,13-22H,3-6,11-12,23H2,1-2H3,(H,41,46)(H,43,47). The Hall–Kier alpha value is -4.42. The number of sulfonamides is 1. The van der Waals surface area contributed by atoms with Gasteiger partial charge in [0.15, 0.2) is 0 Å². The summed E-state index contributed by atoms with van der Waals surface area (Å²) in [4.78, 5) is 39.0. The van der Waals surface area contributed by atoms with E-state index in [1.807, 2.05) is 6.92 Å². The maximum Gasteiger partial charge on any atom is 0.351 e. The summed E-state index contributed by atoms with van der Waals surface area (Å²) in [5.74, 6) is -0.462. The first-order valence-corrected chi connectivity index (χ1v) is 19.0. The van der Waals surface area contributed by atoms with E-state index in [1.54, 1.807) is 65.2 Å². The van der Waals surface area contributed by atoms with Crippen molar-refractivity contribution < 1.29 is 18.0 Å². The third-order valence-electron chi connectivity index (χ3n) is 8.09. The predicted molar refractivity (Wildman–Crippen MR) is 202 cm³/mol. The predicted octanol–water partition coefficient (Wildman–Crippen LogP) is 8.30. The molecule has 10 nitrogen and oxygen atoms in total. The van der Waals surface area contributed by atoms with Gasteiger partial charge in [-0.2, -0.15) is 4.68 Å². The van der Waals surface area contributed by atoms with Gasteiger partial charge in [-0.15, -0.1) is 5.10 Å². The fourth-order valence-electron chi connectivity index (χ4n) is 5.40. The van der Waals surface area contributed by atoms with Crippen molar-refractivity contribution in [2.75, 3.05) is 5.32 Å². The minimum atomic E-state index is -4.33. The Balaban J connectivity index is 1.42. The van der Waals surface area contributed by atoms with Crippen LogP contribution in [0.5, 0.6) is 0 Å². The molecule has 1 heterocycles. The fraction of sp³-hybridized carbons (Fsp3) is 0.243. The zero-order valence-corrected chi connectivity index (χ0v) is 31.0. The molecule has 0 spiro atoms. The van der Waals surface area contributed by atoms with Gasteiger partial charge in [0, 0.05) is 29.1 Å². The van der Waals surface area contributed by atoms with Gasteiger partial charge in [0.2, 0.25) is 5.91 Å². The Morgan fingerprint density at radius 3 is 2.27 bits per heavy atom. The number of aryl methyl sites for hydroxylation is 1. The van der Waals surface area contributed by atoms with Crippen LogP contribution in [0.4, 0.5) is 5.69 Å². The Kier molecular flexibility index (Phi) is 12.4. The molecule has 5 aromatic rings. The number of halogens is 3. The zero-order chi connectivity index (χ0) is 36.7. The van der Waals surface area contributed by atoms with Crippen molar-refractivity contribution in [3.05, 3.63) is 127 Å². The SMILES string of the molecule is CCCCC(=O)Nc1ccc(Cl)c(-n2nc(CCCC)n(Cc3ccc(-c4ccccc4S(=O)(=O)NC(=O)c4cc(Cl)ccc4Cl)cc3)c2=O)c1. The highest BCUT2D eigenvalue weighted by molar-refractivity contribution is 7.90. The molecular weight excluding hydrogens is 733 g/mol. The normalized spacial score (nSPS) is 11.4. The molecule has 0 fully saturated rings. The van der Waals surface area contributed by atoms with Crippen LogP contribution in [0.1, 0.15) is 67.7 Å². The van der Waals surface area contributed by atoms with Crippen LogP contribution in [0.3, 0.4) is 0 Å². The second-order valence-electron chi connectivity index (χ2n) is 11.9. The quantitative estimate of drug-likeness (QED) is 0.117. The van der Waals surface area contributed by atoms with E-state index < -0.39 is 21.6 Å². The highest BCUT2D eigenvalue weighted by Gasteiger charge is 2.24. The monoisotopic (exact) mass is 767 g/mol. The van der Waals surface area contributed by atoms with Crippen LogP contribution in [0, 0.1) is 0 Å². The Morgan fingerprint density at radius 2 is 1.55 bits per heavy atom. The fourth-order valence-corrected chi connectivity index (χ4v) is 7.17. The summed E-state index contributed by atoms with van der Waals surface area (Å²) < 4.78 is 31.8. The Labute approximate surface area is 311 Å². The number of amides is 2. The average molecular weight is 769 g/mol. The van der Waals surface area contributed by atoms with Crippen LogP contribution >= 0.6 is 34.8 Å². The van der Waals surface area contributed by atoms with Gasteiger partial charge >= 0.3 is 5.69 Å². The van der Waals surface area contributed by atoms with E-state index in [9.17, 15) is 22.8 Å². The van der Waals surface area contributed by atoms with Crippen molar-refractivity contribution in [3.63, 3.8) is 0 Å². The van der Waals surface area contributed by atoms with Crippen molar-refractivity contribution in [1.29, 1.82) is 0 Å². The van der Waals surface area contributed by atoms with Crippen molar-refractivity contribution in [2.45, 2.75) is 63.8 Å². The Morgan fingerprint density at radius 1 is 0.843 bits per heavy atom. The largest absolute Gasteiger partial charge is 0.351 e. The van der Waals surface area contributed by atoms with Crippen LogP contribution in [0.2, 0.25) is 15.1 Å². The molecule has 4 aromatic carbocycles. The first-order valence-electron chi connectivity index (χ1n) is 16.4. The number of unbranched alkanes of at least 4 members (excludes halogenated alkanes) is 2. The zero-order valence-electron chi connectivity index (χ0n) is 28.0. The lowest BCUT2D eigenvalue weighted by Crippen LogP contribution is -2.31. The number of carbonyl (C=O) groups excluding carboxylic acids is 2. The average Bonchev–Trinajstić information content (AvgIpc) is 3.42. The first-order chi connectivity index (χ1) is 24.4. The molecule has 1 aromatic heterocycles. The number of benzene rings is 4. The van der Waals surface area contributed by atoms with Crippen LogP contribution in [0.25, 0.3) is 16.8 Å². The summed E-state index contributed by atoms with van der Waals surface area (Å²) in [6.45, 7) is 4.26. The molecule has 0 saturated heterocycles. The maximum absolute atomic E-state index is 13.9.